The molecule has 0 radical (unpaired) electrons. The van der Waals surface area contributed by atoms with Crippen LogP contribution in [-0.2, 0) is 14.3 Å². The van der Waals surface area contributed by atoms with E-state index in [9.17, 15) is 9.59 Å². The minimum Gasteiger partial charge on any atom is -0.469 e. The number of carbonyl (C=O) groups is 2. The van der Waals surface area contributed by atoms with Gasteiger partial charge in [-0.15, -0.1) is 0 Å². The maximum atomic E-state index is 12.3. The summed E-state index contributed by atoms with van der Waals surface area (Å²) in [6.07, 6.45) is 5.41. The molecule has 0 unspecified atom stereocenters. The summed E-state index contributed by atoms with van der Waals surface area (Å²) in [5, 5.41) is 0.673. The highest BCUT2D eigenvalue weighted by Crippen LogP contribution is 2.33. The number of benzene rings is 1. The molecular weight excluding hydrogens is 284 g/mol. The van der Waals surface area contributed by atoms with Crippen LogP contribution < -0.4 is 0 Å². The Bertz CT molecular complexity index is 466. The quantitative estimate of drug-likeness (QED) is 0.747. The minimum absolute atomic E-state index is 0.0833. The second kappa shape index (κ2) is 8.23. The highest BCUT2D eigenvalue weighted by Gasteiger charge is 2.24. The molecule has 114 valence electrons. The van der Waals surface area contributed by atoms with Gasteiger partial charge >= 0.3 is 5.97 Å². The van der Waals surface area contributed by atoms with Gasteiger partial charge in [0, 0.05) is 17.6 Å². The number of hydrogen-bond acceptors (Lipinski definition) is 4. The lowest BCUT2D eigenvalue weighted by Crippen LogP contribution is -2.13. The molecule has 1 aliphatic carbocycles. The van der Waals surface area contributed by atoms with Crippen LogP contribution in [0.3, 0.4) is 0 Å². The molecule has 0 amide bonds. The predicted molar refractivity (Wildman–Crippen MR) is 85.3 cm³/mol. The molecule has 1 atom stereocenters. The standard InChI is InChI=1S/C17H22O3S/c1-20-16(18)11-14(13-7-3-2-4-8-13)12-17(19)21-15-9-5-6-10-15/h2-4,7-8,14-15H,5-6,9-12H2,1H3/t14-/m1/s1. The van der Waals surface area contributed by atoms with Crippen molar-refractivity contribution in [1.82, 2.24) is 0 Å². The molecule has 1 fully saturated rings. The van der Waals surface area contributed by atoms with Crippen molar-refractivity contribution in [3.63, 3.8) is 0 Å². The van der Waals surface area contributed by atoms with E-state index in [-0.39, 0.29) is 23.4 Å². The summed E-state index contributed by atoms with van der Waals surface area (Å²) in [4.78, 5) is 23.8. The van der Waals surface area contributed by atoms with Gasteiger partial charge in [-0.3, -0.25) is 9.59 Å². The Hall–Kier alpha value is -1.29. The summed E-state index contributed by atoms with van der Waals surface area (Å²) in [7, 11) is 1.39. The lowest BCUT2D eigenvalue weighted by molar-refractivity contribution is -0.141. The number of rotatable bonds is 6. The Morgan fingerprint density at radius 1 is 1.19 bits per heavy atom. The van der Waals surface area contributed by atoms with Crippen molar-refractivity contribution in [3.8, 4) is 0 Å². The van der Waals surface area contributed by atoms with Crippen LogP contribution in [0.25, 0.3) is 0 Å². The van der Waals surface area contributed by atoms with Crippen LogP contribution in [0.1, 0.15) is 50.0 Å². The molecular formula is C17H22O3S. The number of carbonyl (C=O) groups excluding carboxylic acids is 2. The van der Waals surface area contributed by atoms with Gasteiger partial charge in [0.25, 0.3) is 0 Å². The van der Waals surface area contributed by atoms with Crippen molar-refractivity contribution in [2.45, 2.75) is 49.7 Å². The molecule has 0 saturated heterocycles. The van der Waals surface area contributed by atoms with Crippen molar-refractivity contribution >= 4 is 22.8 Å². The molecule has 1 aromatic rings. The van der Waals surface area contributed by atoms with Crippen LogP contribution in [0.5, 0.6) is 0 Å². The lowest BCUT2D eigenvalue weighted by Gasteiger charge is -2.16. The van der Waals surface area contributed by atoms with Gasteiger partial charge in [0.15, 0.2) is 5.12 Å². The van der Waals surface area contributed by atoms with E-state index in [2.05, 4.69) is 0 Å². The number of hydrogen-bond donors (Lipinski definition) is 0. The van der Waals surface area contributed by atoms with Gasteiger partial charge < -0.3 is 4.74 Å². The summed E-state index contributed by atoms with van der Waals surface area (Å²) in [6, 6.07) is 9.76. The average molecular weight is 306 g/mol. The van der Waals surface area contributed by atoms with E-state index in [0.717, 1.165) is 18.4 Å². The summed E-state index contributed by atoms with van der Waals surface area (Å²) in [5.74, 6) is -0.345. The number of methoxy groups -OCH3 is 1. The highest BCUT2D eigenvalue weighted by atomic mass is 32.2. The Balaban J connectivity index is 1.97. The first kappa shape index (κ1) is 16.1. The zero-order chi connectivity index (χ0) is 15.1. The van der Waals surface area contributed by atoms with E-state index in [0.29, 0.717) is 11.7 Å². The highest BCUT2D eigenvalue weighted by molar-refractivity contribution is 8.14. The molecule has 0 aromatic heterocycles. The molecule has 0 aliphatic heterocycles. The molecule has 3 nitrogen and oxygen atoms in total. The van der Waals surface area contributed by atoms with Gasteiger partial charge in [0.05, 0.1) is 13.5 Å². The molecule has 21 heavy (non-hydrogen) atoms. The molecule has 2 rings (SSSR count). The van der Waals surface area contributed by atoms with E-state index < -0.39 is 0 Å². The molecule has 1 aliphatic rings. The Kier molecular flexibility index (Phi) is 6.30. The van der Waals surface area contributed by atoms with Crippen molar-refractivity contribution in [1.29, 1.82) is 0 Å². The minimum atomic E-state index is -0.262. The molecule has 0 bridgehead atoms. The van der Waals surface area contributed by atoms with E-state index in [1.165, 1.54) is 31.7 Å². The van der Waals surface area contributed by atoms with Gasteiger partial charge in [-0.25, -0.2) is 0 Å². The Labute approximate surface area is 130 Å². The zero-order valence-corrected chi connectivity index (χ0v) is 13.2. The number of esters is 1. The monoisotopic (exact) mass is 306 g/mol. The third-order valence-electron chi connectivity index (χ3n) is 3.93. The second-order valence-corrected chi connectivity index (χ2v) is 6.85. The van der Waals surface area contributed by atoms with Gasteiger partial charge in [0.2, 0.25) is 0 Å². The van der Waals surface area contributed by atoms with Crippen LogP contribution in [0.2, 0.25) is 0 Å². The summed E-state index contributed by atoms with van der Waals surface area (Å²) in [6.45, 7) is 0. The molecule has 4 heteroatoms. The van der Waals surface area contributed by atoms with Gasteiger partial charge in [0.1, 0.15) is 0 Å². The molecule has 0 N–H and O–H groups in total. The van der Waals surface area contributed by atoms with E-state index in [1.807, 2.05) is 30.3 Å². The van der Waals surface area contributed by atoms with E-state index in [4.69, 9.17) is 4.74 Å². The third-order valence-corrected chi connectivity index (χ3v) is 5.16. The van der Waals surface area contributed by atoms with Gasteiger partial charge in [-0.2, -0.15) is 0 Å². The Morgan fingerprint density at radius 2 is 1.86 bits per heavy atom. The first-order chi connectivity index (χ1) is 10.2. The van der Waals surface area contributed by atoms with Gasteiger partial charge in [-0.1, -0.05) is 54.9 Å². The fraction of sp³-hybridized carbons (Fsp3) is 0.529. The van der Waals surface area contributed by atoms with Crippen molar-refractivity contribution < 1.29 is 14.3 Å². The predicted octanol–water partition coefficient (Wildman–Crippen LogP) is 3.93. The normalized spacial score (nSPS) is 16.6. The van der Waals surface area contributed by atoms with Crippen molar-refractivity contribution in [2.75, 3.05) is 7.11 Å². The maximum Gasteiger partial charge on any atom is 0.306 e. The third kappa shape index (κ3) is 5.20. The van der Waals surface area contributed by atoms with Crippen LogP contribution in [-0.4, -0.2) is 23.4 Å². The molecule has 1 saturated carbocycles. The molecule has 0 heterocycles. The SMILES string of the molecule is COC(=O)C[C@H](CC(=O)SC1CCCC1)c1ccccc1. The smallest absolute Gasteiger partial charge is 0.306 e. The van der Waals surface area contributed by atoms with E-state index in [1.54, 1.807) is 0 Å². The van der Waals surface area contributed by atoms with Gasteiger partial charge in [-0.05, 0) is 18.4 Å². The zero-order valence-electron chi connectivity index (χ0n) is 12.4. The lowest BCUT2D eigenvalue weighted by atomic mass is 9.93. The number of thioether (sulfide) groups is 1. The molecule has 1 aromatic carbocycles. The van der Waals surface area contributed by atoms with Crippen LogP contribution >= 0.6 is 11.8 Å². The van der Waals surface area contributed by atoms with Crippen LogP contribution in [0, 0.1) is 0 Å². The fourth-order valence-electron chi connectivity index (χ4n) is 2.76. The topological polar surface area (TPSA) is 43.4 Å². The van der Waals surface area contributed by atoms with Crippen molar-refractivity contribution in [2.24, 2.45) is 0 Å². The summed E-state index contributed by atoms with van der Waals surface area (Å²) in [5.41, 5.74) is 1.03. The summed E-state index contributed by atoms with van der Waals surface area (Å²) >= 11 is 1.47. The summed E-state index contributed by atoms with van der Waals surface area (Å²) < 4.78 is 4.76. The van der Waals surface area contributed by atoms with Crippen LogP contribution in [0.4, 0.5) is 0 Å². The maximum absolute atomic E-state index is 12.3. The fourth-order valence-corrected chi connectivity index (χ4v) is 4.00. The average Bonchev–Trinajstić information content (AvgIpc) is 3.00. The Morgan fingerprint density at radius 3 is 2.48 bits per heavy atom. The molecule has 0 spiro atoms. The van der Waals surface area contributed by atoms with Crippen LogP contribution in [0.15, 0.2) is 30.3 Å². The number of ether oxygens (including phenoxy) is 1. The van der Waals surface area contributed by atoms with Crippen molar-refractivity contribution in [3.05, 3.63) is 35.9 Å². The largest absolute Gasteiger partial charge is 0.469 e. The second-order valence-electron chi connectivity index (χ2n) is 5.49. The first-order valence-electron chi connectivity index (χ1n) is 7.50. The van der Waals surface area contributed by atoms with E-state index >= 15 is 0 Å². The first-order valence-corrected chi connectivity index (χ1v) is 8.38.